The van der Waals surface area contributed by atoms with Gasteiger partial charge in [0.15, 0.2) is 11.7 Å². The number of likely N-dealkylation sites (N-methyl/N-ethyl adjacent to an activating group) is 1. The van der Waals surface area contributed by atoms with Gasteiger partial charge in [-0.05, 0) is 18.9 Å². The van der Waals surface area contributed by atoms with Gasteiger partial charge in [0.2, 0.25) is 0 Å². The third kappa shape index (κ3) is 14.8. The van der Waals surface area contributed by atoms with E-state index >= 15 is 0 Å². The first-order chi connectivity index (χ1) is 13.2. The standard InChI is InChI=1S/C23H43NO4/c1-5-6-7-8-9-10-11-12-13-14-15-16-17-18-20(25)22(23(27)28)21(26)19-24(2,3)4/h17-18,21-22,26H,5-16,19H2,1-4H3/p+1/b18-17+. The summed E-state index contributed by atoms with van der Waals surface area (Å²) in [5.74, 6) is -3.16. The lowest BCUT2D eigenvalue weighted by atomic mass is 9.96. The van der Waals surface area contributed by atoms with Crippen LogP contribution >= 0.6 is 0 Å². The summed E-state index contributed by atoms with van der Waals surface area (Å²) >= 11 is 0. The maximum absolute atomic E-state index is 12.2. The molecule has 0 aliphatic heterocycles. The van der Waals surface area contributed by atoms with Crippen LogP contribution in [-0.2, 0) is 9.59 Å². The fourth-order valence-corrected chi connectivity index (χ4v) is 3.37. The molecule has 2 atom stereocenters. The van der Waals surface area contributed by atoms with Crippen molar-refractivity contribution in [2.75, 3.05) is 27.7 Å². The number of carbonyl (C=O) groups is 2. The zero-order valence-corrected chi connectivity index (χ0v) is 18.7. The second-order valence-electron chi connectivity index (χ2n) is 8.99. The van der Waals surface area contributed by atoms with Crippen LogP contribution in [0.15, 0.2) is 12.2 Å². The fraction of sp³-hybridized carbons (Fsp3) is 0.826. The van der Waals surface area contributed by atoms with Crippen LogP contribution < -0.4 is 0 Å². The van der Waals surface area contributed by atoms with Crippen molar-refractivity contribution >= 4 is 11.8 Å². The number of allylic oxidation sites excluding steroid dienone is 2. The second kappa shape index (κ2) is 15.7. The molecule has 0 bridgehead atoms. The van der Waals surface area contributed by atoms with Crippen LogP contribution in [0.1, 0.15) is 84.0 Å². The van der Waals surface area contributed by atoms with Crippen LogP contribution in [0.5, 0.6) is 0 Å². The lowest BCUT2D eigenvalue weighted by Crippen LogP contribution is -2.47. The van der Waals surface area contributed by atoms with Gasteiger partial charge in [0, 0.05) is 0 Å². The molecule has 0 aromatic carbocycles. The van der Waals surface area contributed by atoms with E-state index < -0.39 is 23.8 Å². The molecule has 2 N–H and O–H groups in total. The number of quaternary nitrogens is 1. The summed E-state index contributed by atoms with van der Waals surface area (Å²) in [7, 11) is 5.57. The predicted molar refractivity (Wildman–Crippen MR) is 115 cm³/mol. The molecule has 0 aliphatic carbocycles. The molecule has 5 heteroatoms. The molecule has 0 rings (SSSR count). The van der Waals surface area contributed by atoms with Crippen LogP contribution in [0.25, 0.3) is 0 Å². The Morgan fingerprint density at radius 2 is 1.32 bits per heavy atom. The summed E-state index contributed by atoms with van der Waals surface area (Å²) in [5.41, 5.74) is 0. The number of aliphatic hydroxyl groups is 1. The van der Waals surface area contributed by atoms with Gasteiger partial charge in [-0.2, -0.15) is 0 Å². The zero-order valence-electron chi connectivity index (χ0n) is 18.7. The number of ketones is 1. The molecule has 164 valence electrons. The average Bonchev–Trinajstić information content (AvgIpc) is 2.57. The quantitative estimate of drug-likeness (QED) is 0.153. The van der Waals surface area contributed by atoms with E-state index in [0.717, 1.165) is 19.3 Å². The number of aliphatic hydroxyl groups excluding tert-OH is 1. The first-order valence-corrected chi connectivity index (χ1v) is 11.1. The van der Waals surface area contributed by atoms with Crippen molar-refractivity contribution in [3.63, 3.8) is 0 Å². The molecule has 28 heavy (non-hydrogen) atoms. The number of carboxylic acid groups (broad SMARTS) is 1. The van der Waals surface area contributed by atoms with Crippen LogP contribution in [0.2, 0.25) is 0 Å². The highest BCUT2D eigenvalue weighted by Crippen LogP contribution is 2.13. The highest BCUT2D eigenvalue weighted by atomic mass is 16.4. The van der Waals surface area contributed by atoms with Crippen molar-refractivity contribution in [2.45, 2.75) is 90.1 Å². The number of rotatable bonds is 18. The van der Waals surface area contributed by atoms with Gasteiger partial charge < -0.3 is 14.7 Å². The Kier molecular flexibility index (Phi) is 15.0. The van der Waals surface area contributed by atoms with Gasteiger partial charge in [-0.15, -0.1) is 0 Å². The van der Waals surface area contributed by atoms with E-state index in [-0.39, 0.29) is 6.54 Å². The first kappa shape index (κ1) is 26.8. The Morgan fingerprint density at radius 3 is 1.75 bits per heavy atom. The van der Waals surface area contributed by atoms with E-state index in [2.05, 4.69) is 6.92 Å². The van der Waals surface area contributed by atoms with Gasteiger partial charge >= 0.3 is 5.97 Å². The molecule has 0 aliphatic rings. The number of aliphatic carboxylic acids is 1. The maximum Gasteiger partial charge on any atom is 0.317 e. The van der Waals surface area contributed by atoms with Crippen LogP contribution in [0.3, 0.4) is 0 Å². The van der Waals surface area contributed by atoms with Crippen molar-refractivity contribution in [3.8, 4) is 0 Å². The van der Waals surface area contributed by atoms with Crippen molar-refractivity contribution in [3.05, 3.63) is 12.2 Å². The van der Waals surface area contributed by atoms with E-state index in [0.29, 0.717) is 4.48 Å². The Morgan fingerprint density at radius 1 is 0.857 bits per heavy atom. The number of unbranched alkanes of at least 4 members (excludes halogenated alkanes) is 11. The molecule has 0 fully saturated rings. The van der Waals surface area contributed by atoms with Gasteiger partial charge in [0.1, 0.15) is 12.6 Å². The van der Waals surface area contributed by atoms with Crippen molar-refractivity contribution in [1.82, 2.24) is 0 Å². The zero-order chi connectivity index (χ0) is 21.4. The number of carboxylic acids is 1. The minimum absolute atomic E-state index is 0.217. The molecule has 0 spiro atoms. The molecule has 0 radical (unpaired) electrons. The third-order valence-electron chi connectivity index (χ3n) is 4.95. The van der Waals surface area contributed by atoms with Crippen LogP contribution in [0, 0.1) is 5.92 Å². The monoisotopic (exact) mass is 398 g/mol. The molecule has 0 amide bonds. The minimum atomic E-state index is -1.38. The maximum atomic E-state index is 12.2. The number of nitrogens with zero attached hydrogens (tertiary/aromatic N) is 1. The molecule has 0 saturated heterocycles. The topological polar surface area (TPSA) is 74.6 Å². The van der Waals surface area contributed by atoms with E-state index in [1.807, 2.05) is 21.1 Å². The number of hydrogen-bond donors (Lipinski definition) is 2. The van der Waals surface area contributed by atoms with Crippen LogP contribution in [-0.4, -0.2) is 60.2 Å². The van der Waals surface area contributed by atoms with E-state index in [1.54, 1.807) is 6.08 Å². The first-order valence-electron chi connectivity index (χ1n) is 11.1. The van der Waals surface area contributed by atoms with Crippen LogP contribution in [0.4, 0.5) is 0 Å². The van der Waals surface area contributed by atoms with Crippen molar-refractivity contribution in [1.29, 1.82) is 0 Å². The molecular formula is C23H44NO4+. The summed E-state index contributed by atoms with van der Waals surface area (Å²) in [4.78, 5) is 23.6. The molecule has 5 nitrogen and oxygen atoms in total. The highest BCUT2D eigenvalue weighted by Gasteiger charge is 2.35. The summed E-state index contributed by atoms with van der Waals surface area (Å²) < 4.78 is 0.403. The second-order valence-corrected chi connectivity index (χ2v) is 8.99. The summed E-state index contributed by atoms with van der Waals surface area (Å²) in [5, 5.41) is 19.4. The Labute approximate surface area is 172 Å². The van der Waals surface area contributed by atoms with E-state index in [9.17, 15) is 19.8 Å². The van der Waals surface area contributed by atoms with Crippen molar-refractivity contribution in [2.24, 2.45) is 5.92 Å². The SMILES string of the molecule is CCCCCCCCCCCCC/C=C/C(=O)C(C(=O)O)C(O)C[N+](C)(C)C. The molecular weight excluding hydrogens is 354 g/mol. The Bertz CT molecular complexity index is 454. The molecule has 2 unspecified atom stereocenters. The summed E-state index contributed by atoms with van der Waals surface area (Å²) in [6.07, 6.45) is 16.7. The van der Waals surface area contributed by atoms with Gasteiger partial charge in [-0.25, -0.2) is 0 Å². The Balaban J connectivity index is 3.92. The lowest BCUT2D eigenvalue weighted by molar-refractivity contribution is -0.873. The Hall–Kier alpha value is -1.20. The highest BCUT2D eigenvalue weighted by molar-refractivity contribution is 6.04. The molecule has 0 aromatic rings. The smallest absolute Gasteiger partial charge is 0.317 e. The summed E-state index contributed by atoms with van der Waals surface area (Å²) in [6, 6.07) is 0. The number of carbonyl (C=O) groups excluding carboxylic acids is 1. The molecule has 0 heterocycles. The van der Waals surface area contributed by atoms with Gasteiger partial charge in [0.25, 0.3) is 0 Å². The van der Waals surface area contributed by atoms with E-state index in [4.69, 9.17) is 0 Å². The largest absolute Gasteiger partial charge is 0.481 e. The average molecular weight is 399 g/mol. The fourth-order valence-electron chi connectivity index (χ4n) is 3.37. The third-order valence-corrected chi connectivity index (χ3v) is 4.95. The van der Waals surface area contributed by atoms with Crippen molar-refractivity contribution < 1.29 is 24.3 Å². The number of hydrogen-bond acceptors (Lipinski definition) is 3. The lowest BCUT2D eigenvalue weighted by Gasteiger charge is -2.28. The molecule has 0 aromatic heterocycles. The van der Waals surface area contributed by atoms with E-state index in [1.165, 1.54) is 63.9 Å². The van der Waals surface area contributed by atoms with Gasteiger partial charge in [-0.1, -0.05) is 77.2 Å². The van der Waals surface area contributed by atoms with Gasteiger partial charge in [0.05, 0.1) is 21.1 Å². The van der Waals surface area contributed by atoms with Gasteiger partial charge in [-0.3, -0.25) is 9.59 Å². The predicted octanol–water partition coefficient (Wildman–Crippen LogP) is 4.58. The summed E-state index contributed by atoms with van der Waals surface area (Å²) in [6.45, 7) is 2.46. The normalized spacial score (nSPS) is 14.3. The molecule has 0 saturated carbocycles. The minimum Gasteiger partial charge on any atom is -0.481 e.